The number of hydrogen-bond acceptors (Lipinski definition) is 1. The van der Waals surface area contributed by atoms with Crippen LogP contribution in [0.3, 0.4) is 0 Å². The zero-order chi connectivity index (χ0) is 9.15. The third-order valence-electron chi connectivity index (χ3n) is 2.87. The van der Waals surface area contributed by atoms with Gasteiger partial charge in [-0.3, -0.25) is 0 Å². The van der Waals surface area contributed by atoms with Crippen molar-refractivity contribution in [1.29, 1.82) is 0 Å². The van der Waals surface area contributed by atoms with E-state index in [1.807, 2.05) is 18.2 Å². The van der Waals surface area contributed by atoms with Crippen molar-refractivity contribution in [2.75, 3.05) is 0 Å². The molecule has 2 heteroatoms. The molecular weight excluding hydrogens is 164 g/mol. The third-order valence-corrected chi connectivity index (χ3v) is 2.87. The van der Waals surface area contributed by atoms with Crippen LogP contribution in [0.1, 0.15) is 24.8 Å². The molecule has 0 spiro atoms. The van der Waals surface area contributed by atoms with Crippen LogP contribution in [-0.2, 0) is 9.99 Å². The molecule has 1 fully saturated rings. The van der Waals surface area contributed by atoms with Crippen LogP contribution in [-0.4, -0.2) is 6.29 Å². The van der Waals surface area contributed by atoms with Crippen LogP contribution < -0.4 is 5.26 Å². The molecular formula is C11H12O2. The monoisotopic (exact) mass is 176 g/mol. The summed E-state index contributed by atoms with van der Waals surface area (Å²) in [4.78, 5) is 0. The average Bonchev–Trinajstić information content (AvgIpc) is 2.13. The van der Waals surface area contributed by atoms with Crippen molar-refractivity contribution >= 4 is 6.29 Å². The van der Waals surface area contributed by atoms with Crippen LogP contribution >= 0.6 is 0 Å². The number of rotatable bonds is 2. The van der Waals surface area contributed by atoms with Crippen molar-refractivity contribution in [3.8, 4) is 0 Å². The van der Waals surface area contributed by atoms with Crippen molar-refractivity contribution in [2.45, 2.75) is 24.7 Å². The zero-order valence-electron chi connectivity index (χ0n) is 7.40. The molecule has 1 aliphatic carbocycles. The molecule has 0 atom stereocenters. The first-order valence-electron chi connectivity index (χ1n) is 4.56. The Morgan fingerprint density at radius 1 is 1.23 bits per heavy atom. The highest BCUT2D eigenvalue weighted by Gasteiger charge is 2.42. The second-order valence-electron chi connectivity index (χ2n) is 3.59. The normalized spacial score (nSPS) is 20.0. The fraction of sp³-hybridized carbons (Fsp3) is 0.364. The minimum absolute atomic E-state index is 0.0942. The Kier molecular flexibility index (Phi) is 2.05. The van der Waals surface area contributed by atoms with Crippen molar-refractivity contribution < 1.29 is 9.83 Å². The van der Waals surface area contributed by atoms with Gasteiger partial charge in [-0.25, -0.2) is 0 Å². The molecule has 1 aromatic carbocycles. The van der Waals surface area contributed by atoms with Crippen molar-refractivity contribution in [1.82, 2.24) is 0 Å². The zero-order valence-corrected chi connectivity index (χ0v) is 7.40. The van der Waals surface area contributed by atoms with E-state index < -0.39 is 0 Å². The molecule has 2 nitrogen and oxygen atoms in total. The number of carbonyl (C=O) groups excluding carboxylic acids is 1. The van der Waals surface area contributed by atoms with Gasteiger partial charge in [0.2, 0.25) is 0 Å². The molecule has 0 radical (unpaired) electrons. The maximum Gasteiger partial charge on any atom is 0.328 e. The van der Waals surface area contributed by atoms with Crippen molar-refractivity contribution in [2.24, 2.45) is 0 Å². The highest BCUT2D eigenvalue weighted by atomic mass is 17.1. The molecule has 1 saturated carbocycles. The molecule has 0 aromatic heterocycles. The molecule has 68 valence electrons. The summed E-state index contributed by atoms with van der Waals surface area (Å²) in [6, 6.07) is 10.1. The Hall–Kier alpha value is -1.31. The summed E-state index contributed by atoms with van der Waals surface area (Å²) in [5, 5.41) is 10.2. The molecule has 0 heterocycles. The quantitative estimate of drug-likeness (QED) is 0.288. The summed E-state index contributed by atoms with van der Waals surface area (Å²) in [6.45, 7) is 0. The first-order valence-corrected chi connectivity index (χ1v) is 4.56. The maximum absolute atomic E-state index is 10.2. The first-order chi connectivity index (χ1) is 6.37. The lowest BCUT2D eigenvalue weighted by Crippen LogP contribution is -2.37. The molecule has 0 unspecified atom stereocenters. The lowest BCUT2D eigenvalue weighted by atomic mass is 9.65. The van der Waals surface area contributed by atoms with E-state index in [1.165, 1.54) is 18.3 Å². The van der Waals surface area contributed by atoms with E-state index in [4.69, 9.17) is 0 Å². The summed E-state index contributed by atoms with van der Waals surface area (Å²) >= 11 is 0. The average molecular weight is 176 g/mol. The molecule has 0 aliphatic heterocycles. The molecule has 0 bridgehead atoms. The Labute approximate surface area is 77.5 Å². The maximum atomic E-state index is 10.2. The predicted molar refractivity (Wildman–Crippen MR) is 48.0 cm³/mol. The standard InChI is InChI=1S/C11H12O2/c12-13-9-11(7-4-8-11)10-5-2-1-3-6-10/h1-3,5-6,9H,4,7-8H2. The summed E-state index contributed by atoms with van der Waals surface area (Å²) < 4.78 is 3.93. The van der Waals surface area contributed by atoms with Gasteiger partial charge in [-0.2, -0.15) is 4.58 Å². The van der Waals surface area contributed by atoms with Gasteiger partial charge in [-0.15, -0.1) is 0 Å². The van der Waals surface area contributed by atoms with Gasteiger partial charge in [-0.1, -0.05) is 36.8 Å². The van der Waals surface area contributed by atoms with Gasteiger partial charge in [0.15, 0.2) is 0 Å². The van der Waals surface area contributed by atoms with E-state index in [0.717, 1.165) is 12.8 Å². The Balaban J connectivity index is 2.32. The molecule has 1 aromatic rings. The van der Waals surface area contributed by atoms with Crippen LogP contribution in [0.25, 0.3) is 0 Å². The van der Waals surface area contributed by atoms with E-state index in [-0.39, 0.29) is 5.41 Å². The lowest BCUT2D eigenvalue weighted by Gasteiger charge is -2.34. The van der Waals surface area contributed by atoms with Crippen molar-refractivity contribution in [3.63, 3.8) is 0 Å². The summed E-state index contributed by atoms with van der Waals surface area (Å²) in [5.41, 5.74) is 1.10. The van der Waals surface area contributed by atoms with Crippen molar-refractivity contribution in [3.05, 3.63) is 35.9 Å². The van der Waals surface area contributed by atoms with Crippen LogP contribution in [0, 0.1) is 0 Å². The molecule has 0 amide bonds. The van der Waals surface area contributed by atoms with E-state index in [0.29, 0.717) is 0 Å². The van der Waals surface area contributed by atoms with Crippen LogP contribution in [0.2, 0.25) is 0 Å². The molecule has 0 saturated heterocycles. The summed E-state index contributed by atoms with van der Waals surface area (Å²) in [7, 11) is 0. The van der Waals surface area contributed by atoms with E-state index in [1.54, 1.807) is 0 Å². The van der Waals surface area contributed by atoms with Gasteiger partial charge >= 0.3 is 6.29 Å². The fourth-order valence-electron chi connectivity index (χ4n) is 1.89. The van der Waals surface area contributed by atoms with Gasteiger partial charge in [-0.05, 0) is 18.4 Å². The minimum atomic E-state index is -0.0942. The fourth-order valence-corrected chi connectivity index (χ4v) is 1.89. The van der Waals surface area contributed by atoms with Gasteiger partial charge < -0.3 is 5.26 Å². The minimum Gasteiger partial charge on any atom is -0.463 e. The van der Waals surface area contributed by atoms with Crippen LogP contribution in [0.5, 0.6) is 0 Å². The predicted octanol–water partition coefficient (Wildman–Crippen LogP) is 1.12. The number of hydrogen-bond donors (Lipinski definition) is 0. The third kappa shape index (κ3) is 1.32. The molecule has 13 heavy (non-hydrogen) atoms. The van der Waals surface area contributed by atoms with Crippen LogP contribution in [0.15, 0.2) is 30.3 Å². The topological polar surface area (TPSA) is 34.4 Å². The lowest BCUT2D eigenvalue weighted by molar-refractivity contribution is -1.04. The van der Waals surface area contributed by atoms with Gasteiger partial charge in [0.05, 0.1) is 0 Å². The summed E-state index contributed by atoms with van der Waals surface area (Å²) in [6.07, 6.45) is 4.67. The smallest absolute Gasteiger partial charge is 0.328 e. The van der Waals surface area contributed by atoms with Gasteiger partial charge in [0.1, 0.15) is 5.41 Å². The Bertz CT molecular complexity index is 299. The second kappa shape index (κ2) is 3.21. The Morgan fingerprint density at radius 2 is 1.92 bits per heavy atom. The molecule has 0 N–H and O–H groups in total. The highest BCUT2D eigenvalue weighted by molar-refractivity contribution is 5.70. The van der Waals surface area contributed by atoms with Gasteiger partial charge in [0.25, 0.3) is 0 Å². The first kappa shape index (κ1) is 8.30. The van der Waals surface area contributed by atoms with E-state index in [2.05, 4.69) is 16.7 Å². The van der Waals surface area contributed by atoms with E-state index >= 15 is 0 Å². The van der Waals surface area contributed by atoms with E-state index in [9.17, 15) is 5.26 Å². The SMILES string of the molecule is [O-][O+]=CC1(c2ccccc2)CCC1. The number of benzene rings is 1. The van der Waals surface area contributed by atoms with Gasteiger partial charge in [0, 0.05) is 0 Å². The number of aldehydes is 1. The van der Waals surface area contributed by atoms with Crippen LogP contribution in [0.4, 0.5) is 0 Å². The largest absolute Gasteiger partial charge is 0.463 e. The molecule has 1 aliphatic rings. The Morgan fingerprint density at radius 3 is 2.38 bits per heavy atom. The highest BCUT2D eigenvalue weighted by Crippen LogP contribution is 2.41. The second-order valence-corrected chi connectivity index (χ2v) is 3.59. The molecule has 2 rings (SSSR count). The summed E-state index contributed by atoms with van der Waals surface area (Å²) in [5.74, 6) is 0.